The highest BCUT2D eigenvalue weighted by Crippen LogP contribution is 2.20. The summed E-state index contributed by atoms with van der Waals surface area (Å²) in [6.45, 7) is 1.17. The molecule has 0 bridgehead atoms. The number of nitrogen functional groups attached to an aromatic ring is 1. The van der Waals surface area contributed by atoms with E-state index in [-0.39, 0.29) is 11.8 Å². The van der Waals surface area contributed by atoms with Gasteiger partial charge in [0.15, 0.2) is 0 Å². The molecular weight excluding hydrogens is 430 g/mol. The van der Waals surface area contributed by atoms with Crippen LogP contribution in [0.4, 0.5) is 5.69 Å². The summed E-state index contributed by atoms with van der Waals surface area (Å²) in [5.41, 5.74) is 9.82. The Labute approximate surface area is 200 Å². The molecule has 172 valence electrons. The predicted octanol–water partition coefficient (Wildman–Crippen LogP) is 5.02. The van der Waals surface area contributed by atoms with Crippen molar-refractivity contribution in [1.82, 2.24) is 10.6 Å². The maximum Gasteiger partial charge on any atom is 0.230 e. The van der Waals surface area contributed by atoms with E-state index in [9.17, 15) is 9.59 Å². The molecule has 0 fully saturated rings. The lowest BCUT2D eigenvalue weighted by atomic mass is 10.0. The number of carbonyl (C=O) groups excluding carboxylic acids is 2. The molecule has 3 aromatic carbocycles. The lowest BCUT2D eigenvalue weighted by molar-refractivity contribution is -0.121. The molecule has 0 aromatic heterocycles. The summed E-state index contributed by atoms with van der Waals surface area (Å²) < 4.78 is 0. The highest BCUT2D eigenvalue weighted by molar-refractivity contribution is 8.00. The van der Waals surface area contributed by atoms with Crippen molar-refractivity contribution in [1.29, 1.82) is 0 Å². The van der Waals surface area contributed by atoms with Crippen LogP contribution >= 0.6 is 11.8 Å². The first-order valence-electron chi connectivity index (χ1n) is 11.3. The molecule has 3 aromatic rings. The smallest absolute Gasteiger partial charge is 0.230 e. The van der Waals surface area contributed by atoms with Gasteiger partial charge in [-0.15, -0.1) is 11.8 Å². The molecule has 33 heavy (non-hydrogen) atoms. The molecule has 4 N–H and O–H groups in total. The molecule has 0 heterocycles. The van der Waals surface area contributed by atoms with Crippen LogP contribution in [0.25, 0.3) is 11.1 Å². The molecule has 0 aliphatic carbocycles. The zero-order valence-corrected chi connectivity index (χ0v) is 19.6. The van der Waals surface area contributed by atoms with Gasteiger partial charge in [-0.3, -0.25) is 9.59 Å². The first-order valence-corrected chi connectivity index (χ1v) is 12.2. The Kier molecular flexibility index (Phi) is 9.86. The molecule has 0 saturated heterocycles. The van der Waals surface area contributed by atoms with Gasteiger partial charge in [-0.25, -0.2) is 0 Å². The second-order valence-electron chi connectivity index (χ2n) is 7.86. The van der Waals surface area contributed by atoms with Crippen molar-refractivity contribution in [2.24, 2.45) is 0 Å². The van der Waals surface area contributed by atoms with E-state index in [1.54, 1.807) is 0 Å². The number of amides is 2. The van der Waals surface area contributed by atoms with Crippen LogP contribution in [0, 0.1) is 0 Å². The normalized spacial score (nSPS) is 10.5. The molecule has 5 nitrogen and oxygen atoms in total. The molecule has 0 spiro atoms. The van der Waals surface area contributed by atoms with Crippen molar-refractivity contribution in [3.05, 3.63) is 84.4 Å². The van der Waals surface area contributed by atoms with Crippen molar-refractivity contribution in [2.75, 3.05) is 18.0 Å². The van der Waals surface area contributed by atoms with Gasteiger partial charge in [0.25, 0.3) is 0 Å². The average Bonchev–Trinajstić information content (AvgIpc) is 2.85. The third kappa shape index (κ3) is 9.02. The number of thioether (sulfide) groups is 1. The van der Waals surface area contributed by atoms with E-state index in [1.165, 1.54) is 22.9 Å². The van der Waals surface area contributed by atoms with Gasteiger partial charge in [-0.2, -0.15) is 0 Å². The monoisotopic (exact) mass is 461 g/mol. The number of nitrogens with two attached hydrogens (primary N) is 1. The molecule has 0 atom stereocenters. The summed E-state index contributed by atoms with van der Waals surface area (Å²) in [5, 5.41) is 5.91. The predicted molar refractivity (Wildman–Crippen MR) is 137 cm³/mol. The van der Waals surface area contributed by atoms with E-state index in [2.05, 4.69) is 47.0 Å². The minimum Gasteiger partial charge on any atom is -0.399 e. The van der Waals surface area contributed by atoms with Crippen LogP contribution < -0.4 is 16.4 Å². The van der Waals surface area contributed by atoms with Crippen LogP contribution in [-0.2, 0) is 16.1 Å². The number of unbranched alkanes of at least 4 members (excludes halogenated alkanes) is 2. The Morgan fingerprint density at radius 1 is 0.727 bits per heavy atom. The van der Waals surface area contributed by atoms with Crippen molar-refractivity contribution in [2.45, 2.75) is 37.1 Å². The summed E-state index contributed by atoms with van der Waals surface area (Å²) in [5.74, 6) is 0.470. The van der Waals surface area contributed by atoms with Crippen molar-refractivity contribution < 1.29 is 9.59 Å². The van der Waals surface area contributed by atoms with Gasteiger partial charge < -0.3 is 16.4 Å². The second-order valence-corrected chi connectivity index (χ2v) is 8.91. The first kappa shape index (κ1) is 24.4. The molecule has 2 amide bonds. The second kappa shape index (κ2) is 13.3. The third-order valence-electron chi connectivity index (χ3n) is 5.20. The number of hydrogen-bond donors (Lipinski definition) is 3. The Morgan fingerprint density at radius 2 is 1.42 bits per heavy atom. The number of anilines is 1. The zero-order valence-electron chi connectivity index (χ0n) is 18.8. The van der Waals surface area contributed by atoms with Crippen LogP contribution in [0.3, 0.4) is 0 Å². The first-order chi connectivity index (χ1) is 16.1. The Balaban J connectivity index is 1.22. The number of benzene rings is 3. The van der Waals surface area contributed by atoms with Crippen LogP contribution in [0.15, 0.2) is 83.8 Å². The number of rotatable bonds is 12. The topological polar surface area (TPSA) is 84.2 Å². The van der Waals surface area contributed by atoms with Gasteiger partial charge in [0.05, 0.1) is 5.75 Å². The average molecular weight is 462 g/mol. The summed E-state index contributed by atoms with van der Waals surface area (Å²) >= 11 is 1.49. The minimum atomic E-state index is 0.0212. The molecule has 3 rings (SSSR count). The van der Waals surface area contributed by atoms with Gasteiger partial charge in [-0.1, -0.05) is 61.0 Å². The third-order valence-corrected chi connectivity index (χ3v) is 6.22. The van der Waals surface area contributed by atoms with Crippen LogP contribution in [0.2, 0.25) is 0 Å². The van der Waals surface area contributed by atoms with Gasteiger partial charge >= 0.3 is 0 Å². The minimum absolute atomic E-state index is 0.0212. The van der Waals surface area contributed by atoms with Gasteiger partial charge in [0, 0.05) is 30.1 Å². The van der Waals surface area contributed by atoms with Crippen LogP contribution in [-0.4, -0.2) is 24.1 Å². The van der Waals surface area contributed by atoms with Crippen molar-refractivity contribution >= 4 is 29.3 Å². The number of hydrogen-bond acceptors (Lipinski definition) is 4. The fourth-order valence-corrected chi connectivity index (χ4v) is 4.04. The molecule has 0 radical (unpaired) electrons. The zero-order chi connectivity index (χ0) is 23.3. The Morgan fingerprint density at radius 3 is 2.15 bits per heavy atom. The van der Waals surface area contributed by atoms with E-state index in [1.807, 2.05) is 42.5 Å². The fraction of sp³-hybridized carbons (Fsp3) is 0.259. The molecule has 0 unspecified atom stereocenters. The van der Waals surface area contributed by atoms with Crippen LogP contribution in [0.5, 0.6) is 0 Å². The van der Waals surface area contributed by atoms with E-state index in [4.69, 9.17) is 5.73 Å². The number of carbonyl (C=O) groups is 2. The standard InChI is InChI=1S/C27H31N3O2S/c28-24-14-16-25(17-15-24)33-20-27(32)29-18-6-2-5-9-26(31)30-19-21-10-12-23(13-11-21)22-7-3-1-4-8-22/h1,3-4,7-8,10-17H,2,5-6,9,18-20,28H2,(H,29,32)(H,30,31). The highest BCUT2D eigenvalue weighted by atomic mass is 32.2. The Hall–Kier alpha value is -3.25. The molecule has 0 aliphatic heterocycles. The fourth-order valence-electron chi connectivity index (χ4n) is 3.31. The summed E-state index contributed by atoms with van der Waals surface area (Å²) in [6.07, 6.45) is 3.09. The molecule has 0 aliphatic rings. The molecule has 6 heteroatoms. The summed E-state index contributed by atoms with van der Waals surface area (Å²) in [4.78, 5) is 25.0. The van der Waals surface area contributed by atoms with Crippen LogP contribution in [0.1, 0.15) is 31.2 Å². The van der Waals surface area contributed by atoms with Crippen molar-refractivity contribution in [3.63, 3.8) is 0 Å². The Bertz CT molecular complexity index is 1010. The van der Waals surface area contributed by atoms with E-state index in [0.717, 1.165) is 35.4 Å². The van der Waals surface area contributed by atoms with E-state index >= 15 is 0 Å². The lowest BCUT2D eigenvalue weighted by Crippen LogP contribution is -2.26. The summed E-state index contributed by atoms with van der Waals surface area (Å²) in [6, 6.07) is 26.0. The maximum atomic E-state index is 12.1. The highest BCUT2D eigenvalue weighted by Gasteiger charge is 2.04. The number of nitrogens with one attached hydrogen (secondary N) is 2. The summed E-state index contributed by atoms with van der Waals surface area (Å²) in [7, 11) is 0. The molecular formula is C27H31N3O2S. The largest absolute Gasteiger partial charge is 0.399 e. The van der Waals surface area contributed by atoms with Gasteiger partial charge in [0.2, 0.25) is 11.8 Å². The SMILES string of the molecule is Nc1ccc(SCC(=O)NCCCCCC(=O)NCc2ccc(-c3ccccc3)cc2)cc1. The van der Waals surface area contributed by atoms with E-state index < -0.39 is 0 Å². The van der Waals surface area contributed by atoms with Gasteiger partial charge in [-0.05, 0) is 53.8 Å². The van der Waals surface area contributed by atoms with Crippen molar-refractivity contribution in [3.8, 4) is 11.1 Å². The maximum absolute atomic E-state index is 12.1. The van der Waals surface area contributed by atoms with Gasteiger partial charge in [0.1, 0.15) is 0 Å². The quantitative estimate of drug-likeness (QED) is 0.201. The molecule has 0 saturated carbocycles. The lowest BCUT2D eigenvalue weighted by Gasteiger charge is -2.08. The van der Waals surface area contributed by atoms with E-state index in [0.29, 0.717) is 25.3 Å².